The Balaban J connectivity index is 2.99. The Morgan fingerprint density at radius 1 is 1.62 bits per heavy atom. The monoisotopic (exact) mass is 113 g/mol. The van der Waals surface area contributed by atoms with Crippen LogP contribution in [0, 0.1) is 6.85 Å². The van der Waals surface area contributed by atoms with Crippen LogP contribution < -0.4 is 5.73 Å². The lowest BCUT2D eigenvalue weighted by atomic mass is 10.5. The number of hydrogen-bond donors (Lipinski definition) is 1. The van der Waals surface area contributed by atoms with Crippen molar-refractivity contribution in [3.05, 3.63) is 17.8 Å². The van der Waals surface area contributed by atoms with Crippen molar-refractivity contribution < 1.29 is 4.11 Å². The number of nitrogen functional groups attached to an aromatic ring is 1. The highest BCUT2D eigenvalue weighted by molar-refractivity contribution is 5.24. The summed E-state index contributed by atoms with van der Waals surface area (Å²) in [7, 11) is 0. The van der Waals surface area contributed by atoms with Gasteiger partial charge in [-0.05, 0) is 19.0 Å². The molecule has 0 aliphatic heterocycles. The Bertz CT molecular complexity index is 240. The maximum atomic E-state index is 6.93. The molecule has 0 bridgehead atoms. The lowest BCUT2D eigenvalue weighted by molar-refractivity contribution is 0.990. The van der Waals surface area contributed by atoms with E-state index in [4.69, 9.17) is 9.85 Å². The molecule has 8 heavy (non-hydrogen) atoms. The first-order valence-corrected chi connectivity index (χ1v) is 2.10. The van der Waals surface area contributed by atoms with Crippen LogP contribution in [0.5, 0.6) is 0 Å². The number of nitrogens with two attached hydrogens (primary N) is 1. The van der Waals surface area contributed by atoms with Crippen LogP contribution >= 0.6 is 0 Å². The molecule has 3 nitrogen and oxygen atoms in total. The van der Waals surface area contributed by atoms with Gasteiger partial charge < -0.3 is 5.73 Å². The Morgan fingerprint density at radius 2 is 2.50 bits per heavy atom. The lowest BCUT2D eigenvalue weighted by Gasteiger charge is -1.87. The highest BCUT2D eigenvalue weighted by atomic mass is 15.1. The zero-order valence-corrected chi connectivity index (χ0v) is 4.13. The molecule has 1 rings (SSSR count). The third-order valence-electron chi connectivity index (χ3n) is 0.685. The number of anilines is 1. The summed E-state index contributed by atoms with van der Waals surface area (Å²) in [5.41, 5.74) is 5.18. The third-order valence-corrected chi connectivity index (χ3v) is 0.685. The number of hydrogen-bond acceptors (Lipinski definition) is 3. The number of rotatable bonds is 0. The van der Waals surface area contributed by atoms with Gasteiger partial charge in [-0.15, -0.1) is 5.10 Å². The second kappa shape index (κ2) is 1.78. The Kier molecular flexibility index (Phi) is 0.541. The maximum Gasteiger partial charge on any atom is 0.146 e. The summed E-state index contributed by atoms with van der Waals surface area (Å²) in [6.45, 7) is -2.19. The van der Waals surface area contributed by atoms with Gasteiger partial charge in [0.2, 0.25) is 0 Å². The van der Waals surface area contributed by atoms with Gasteiger partial charge >= 0.3 is 0 Å². The molecule has 0 saturated carbocycles. The quantitative estimate of drug-likeness (QED) is 0.494. The van der Waals surface area contributed by atoms with Crippen molar-refractivity contribution in [1.82, 2.24) is 10.2 Å². The molecule has 0 amide bonds. The van der Waals surface area contributed by atoms with Crippen molar-refractivity contribution in [2.75, 3.05) is 5.73 Å². The van der Waals surface area contributed by atoms with Gasteiger partial charge in [-0.2, -0.15) is 5.10 Å². The van der Waals surface area contributed by atoms with E-state index in [0.717, 1.165) is 0 Å². The molecular formula is C5H7N3. The molecule has 0 saturated heterocycles. The summed E-state index contributed by atoms with van der Waals surface area (Å²) in [4.78, 5) is 0. The predicted octanol–water partition coefficient (Wildman–Crippen LogP) is 0.367. The summed E-state index contributed by atoms with van der Waals surface area (Å²) >= 11 is 0. The molecule has 1 aromatic heterocycles. The Labute approximate surface area is 51.8 Å². The van der Waals surface area contributed by atoms with E-state index >= 15 is 0 Å². The molecule has 0 unspecified atom stereocenters. The van der Waals surface area contributed by atoms with Crippen LogP contribution in [0.2, 0.25) is 0 Å². The summed E-state index contributed by atoms with van der Waals surface area (Å²) in [5, 5.41) is 6.83. The van der Waals surface area contributed by atoms with E-state index in [1.807, 2.05) is 0 Å². The first kappa shape index (κ1) is 2.44. The second-order valence-electron chi connectivity index (χ2n) is 1.34. The second-order valence-corrected chi connectivity index (χ2v) is 1.34. The van der Waals surface area contributed by atoms with Crippen LogP contribution in [-0.2, 0) is 0 Å². The molecule has 0 aromatic carbocycles. The van der Waals surface area contributed by atoms with E-state index < -0.39 is 6.85 Å². The van der Waals surface area contributed by atoms with Crippen LogP contribution in [0.1, 0.15) is 9.81 Å². The average molecular weight is 113 g/mol. The zero-order valence-electron chi connectivity index (χ0n) is 7.13. The molecule has 0 atom stereocenters. The molecule has 2 N–H and O–H groups in total. The Hall–Kier alpha value is -1.12. The summed E-state index contributed by atoms with van der Waals surface area (Å²) < 4.78 is 20.8. The summed E-state index contributed by atoms with van der Waals surface area (Å²) in [5.74, 6) is 0.220. The molecule has 0 aliphatic carbocycles. The SMILES string of the molecule is [2H][13C]([2H])([2H])c1ccc(N)nn1. The maximum absolute atomic E-state index is 6.93. The minimum Gasteiger partial charge on any atom is -0.382 e. The van der Waals surface area contributed by atoms with Crippen molar-refractivity contribution >= 4 is 5.82 Å². The zero-order chi connectivity index (χ0) is 8.48. The molecule has 0 aliphatic rings. The summed E-state index contributed by atoms with van der Waals surface area (Å²) in [6, 6.07) is 2.75. The van der Waals surface area contributed by atoms with Gasteiger partial charge in [0.05, 0.1) is 5.69 Å². The van der Waals surface area contributed by atoms with Crippen molar-refractivity contribution in [3.8, 4) is 0 Å². The fourth-order valence-corrected chi connectivity index (χ4v) is 0.343. The lowest BCUT2D eigenvalue weighted by Crippen LogP contribution is -1.92. The van der Waals surface area contributed by atoms with Gasteiger partial charge in [0.25, 0.3) is 0 Å². The van der Waals surface area contributed by atoms with Gasteiger partial charge in [0.1, 0.15) is 5.82 Å². The van der Waals surface area contributed by atoms with Crippen LogP contribution in [0.4, 0.5) is 5.82 Å². The molecule has 0 spiro atoms. The molecule has 0 fully saturated rings. The highest BCUT2D eigenvalue weighted by Crippen LogP contribution is 1.92. The fourth-order valence-electron chi connectivity index (χ4n) is 0.343. The van der Waals surface area contributed by atoms with E-state index in [0.29, 0.717) is 0 Å². The van der Waals surface area contributed by atoms with Gasteiger partial charge in [0, 0.05) is 4.11 Å². The van der Waals surface area contributed by atoms with Gasteiger partial charge in [0.15, 0.2) is 0 Å². The molecule has 1 heterocycles. The molecule has 0 radical (unpaired) electrons. The normalized spacial score (nSPS) is 16.2. The van der Waals surface area contributed by atoms with E-state index in [-0.39, 0.29) is 11.5 Å². The standard InChI is InChI=1S/C5H7N3/c1-4-2-3-5(6)8-7-4/h2-3H,1H3,(H2,6,8)/i1+1D3. The van der Waals surface area contributed by atoms with Gasteiger partial charge in [-0.3, -0.25) is 0 Å². The first-order chi connectivity index (χ1) is 5.00. The molecular weight excluding hydrogens is 103 g/mol. The number of aromatic nitrogens is 2. The van der Waals surface area contributed by atoms with Crippen molar-refractivity contribution in [3.63, 3.8) is 0 Å². The number of nitrogens with zero attached hydrogens (tertiary/aromatic N) is 2. The largest absolute Gasteiger partial charge is 0.382 e. The van der Waals surface area contributed by atoms with E-state index in [1.165, 1.54) is 12.1 Å². The third kappa shape index (κ3) is 0.932. The predicted molar refractivity (Wildman–Crippen MR) is 31.2 cm³/mol. The smallest absolute Gasteiger partial charge is 0.146 e. The van der Waals surface area contributed by atoms with Gasteiger partial charge in [-0.25, -0.2) is 0 Å². The highest BCUT2D eigenvalue weighted by Gasteiger charge is 1.83. The van der Waals surface area contributed by atoms with E-state index in [1.54, 1.807) is 0 Å². The van der Waals surface area contributed by atoms with Crippen molar-refractivity contribution in [2.24, 2.45) is 0 Å². The van der Waals surface area contributed by atoms with E-state index in [9.17, 15) is 0 Å². The van der Waals surface area contributed by atoms with Crippen LogP contribution in [0.3, 0.4) is 0 Å². The topological polar surface area (TPSA) is 51.8 Å². The minimum atomic E-state index is -2.19. The molecule has 42 valence electrons. The Morgan fingerprint density at radius 3 is 3.00 bits per heavy atom. The van der Waals surface area contributed by atoms with Crippen LogP contribution in [-0.4, -0.2) is 10.2 Å². The molecule has 3 heteroatoms. The fraction of sp³-hybridized carbons (Fsp3) is 0.200. The van der Waals surface area contributed by atoms with Crippen molar-refractivity contribution in [2.45, 2.75) is 6.85 Å². The van der Waals surface area contributed by atoms with Crippen LogP contribution in [0.25, 0.3) is 0 Å². The summed E-state index contributed by atoms with van der Waals surface area (Å²) in [6.07, 6.45) is 0. The average Bonchev–Trinajstić information content (AvgIpc) is 1.86. The number of aryl methyl sites for hydroxylation is 1. The first-order valence-electron chi connectivity index (χ1n) is 3.60. The van der Waals surface area contributed by atoms with Crippen molar-refractivity contribution in [1.29, 1.82) is 0 Å². The molecule has 1 aromatic rings. The van der Waals surface area contributed by atoms with E-state index in [2.05, 4.69) is 10.2 Å². The van der Waals surface area contributed by atoms with Gasteiger partial charge in [-0.1, -0.05) is 0 Å². The van der Waals surface area contributed by atoms with Crippen LogP contribution in [0.15, 0.2) is 12.1 Å². The minimum absolute atomic E-state index is 0.0355.